The lowest BCUT2D eigenvalue weighted by Crippen LogP contribution is -2.38. The molecule has 1 fully saturated rings. The highest BCUT2D eigenvalue weighted by atomic mass is 32.1. The fraction of sp³-hybridized carbons (Fsp3) is 0.214. The van der Waals surface area contributed by atoms with Crippen LogP contribution >= 0.6 is 11.3 Å². The lowest BCUT2D eigenvalue weighted by atomic mass is 10.1. The van der Waals surface area contributed by atoms with Gasteiger partial charge in [0.15, 0.2) is 0 Å². The van der Waals surface area contributed by atoms with Crippen molar-refractivity contribution in [1.82, 2.24) is 19.9 Å². The minimum Gasteiger partial charge on any atom is -0.320 e. The predicted molar refractivity (Wildman–Crippen MR) is 142 cm³/mol. The molecule has 0 radical (unpaired) electrons. The topological polar surface area (TPSA) is 71.0 Å². The number of likely N-dealkylation sites (tertiary alicyclic amines) is 1. The number of nitrogens with zero attached hydrogens (tertiary/aromatic N) is 4. The molecule has 9 heteroatoms. The minimum atomic E-state index is -2.56. The van der Waals surface area contributed by atoms with Crippen LogP contribution in [0.5, 0.6) is 0 Å². The third-order valence-electron chi connectivity index (χ3n) is 6.53. The lowest BCUT2D eigenvalue weighted by Gasteiger charge is -2.31. The standard InChI is InChI=1S/C28H23F2N5OS/c29-28(30)11-13-35(14-12-28)17-18-15-24-27(31-16-18)37-26(34-24)20-6-2-4-8-22(20)33-25(36)23-10-9-19-5-1-3-7-21(19)32-23/h1-10,15-16H,11-14,17H2,(H,33,36). The van der Waals surface area contributed by atoms with Gasteiger partial charge in [-0.25, -0.2) is 23.7 Å². The van der Waals surface area contributed by atoms with Crippen molar-refractivity contribution in [2.75, 3.05) is 18.4 Å². The third kappa shape index (κ3) is 5.05. The number of amides is 1. The SMILES string of the molecule is O=C(Nc1ccccc1-c1nc2cc(CN3CCC(F)(F)CC3)cnc2s1)c1ccc2ccccc2n1. The lowest BCUT2D eigenvalue weighted by molar-refractivity contribution is -0.0566. The molecule has 0 atom stereocenters. The molecule has 1 amide bonds. The molecule has 0 aliphatic carbocycles. The number of aromatic nitrogens is 3. The predicted octanol–water partition coefficient (Wildman–Crippen LogP) is 6.39. The molecule has 2 aromatic carbocycles. The van der Waals surface area contributed by atoms with Gasteiger partial charge >= 0.3 is 0 Å². The molecule has 5 aromatic rings. The molecule has 0 unspecified atom stereocenters. The average Bonchev–Trinajstić information content (AvgIpc) is 3.33. The average molecular weight is 516 g/mol. The highest BCUT2D eigenvalue weighted by Gasteiger charge is 2.33. The molecule has 3 aromatic heterocycles. The van der Waals surface area contributed by atoms with E-state index in [1.54, 1.807) is 12.3 Å². The number of pyridine rings is 2. The van der Waals surface area contributed by atoms with Crippen molar-refractivity contribution in [3.8, 4) is 10.6 Å². The van der Waals surface area contributed by atoms with Crippen molar-refractivity contribution >= 4 is 44.2 Å². The van der Waals surface area contributed by atoms with Gasteiger partial charge in [0.05, 0.1) is 11.2 Å². The molecule has 0 saturated carbocycles. The first-order valence-electron chi connectivity index (χ1n) is 12.1. The number of benzene rings is 2. The summed E-state index contributed by atoms with van der Waals surface area (Å²) >= 11 is 1.44. The van der Waals surface area contributed by atoms with Gasteiger partial charge in [-0.2, -0.15) is 0 Å². The van der Waals surface area contributed by atoms with E-state index in [0.29, 0.717) is 31.0 Å². The summed E-state index contributed by atoms with van der Waals surface area (Å²) in [7, 11) is 0. The summed E-state index contributed by atoms with van der Waals surface area (Å²) < 4.78 is 27.0. The quantitative estimate of drug-likeness (QED) is 0.294. The first-order valence-corrected chi connectivity index (χ1v) is 12.9. The number of hydrogen-bond donors (Lipinski definition) is 1. The van der Waals surface area contributed by atoms with E-state index >= 15 is 0 Å². The Kier molecular flexibility index (Phi) is 6.10. The van der Waals surface area contributed by atoms with Gasteiger partial charge in [0.25, 0.3) is 11.8 Å². The van der Waals surface area contributed by atoms with E-state index in [-0.39, 0.29) is 18.7 Å². The summed E-state index contributed by atoms with van der Waals surface area (Å²) in [5.74, 6) is -2.86. The first kappa shape index (κ1) is 23.6. The van der Waals surface area contributed by atoms with Gasteiger partial charge < -0.3 is 5.32 Å². The van der Waals surface area contributed by atoms with Crippen molar-refractivity contribution in [2.45, 2.75) is 25.3 Å². The van der Waals surface area contributed by atoms with Crippen LogP contribution in [0.25, 0.3) is 31.8 Å². The van der Waals surface area contributed by atoms with Crippen molar-refractivity contribution in [3.05, 3.63) is 84.2 Å². The number of alkyl halides is 2. The summed E-state index contributed by atoms with van der Waals surface area (Å²) in [5, 5.41) is 4.69. The zero-order valence-electron chi connectivity index (χ0n) is 19.8. The second kappa shape index (κ2) is 9.57. The second-order valence-electron chi connectivity index (χ2n) is 9.21. The Balaban J connectivity index is 1.23. The highest BCUT2D eigenvalue weighted by molar-refractivity contribution is 7.21. The van der Waals surface area contributed by atoms with E-state index in [2.05, 4.69) is 15.3 Å². The van der Waals surface area contributed by atoms with Crippen LogP contribution in [0.4, 0.5) is 14.5 Å². The Bertz CT molecular complexity index is 1610. The number of carbonyl (C=O) groups is 1. The summed E-state index contributed by atoms with van der Waals surface area (Å²) in [6.45, 7) is 1.30. The first-order chi connectivity index (χ1) is 17.9. The van der Waals surface area contributed by atoms with E-state index in [9.17, 15) is 13.6 Å². The Morgan fingerprint density at radius 1 is 0.973 bits per heavy atom. The number of piperidine rings is 1. The Morgan fingerprint density at radius 2 is 1.76 bits per heavy atom. The molecule has 186 valence electrons. The molecule has 37 heavy (non-hydrogen) atoms. The number of fused-ring (bicyclic) bond motifs is 2. The zero-order chi connectivity index (χ0) is 25.4. The molecule has 0 bridgehead atoms. The molecule has 6 nitrogen and oxygen atoms in total. The minimum absolute atomic E-state index is 0.110. The van der Waals surface area contributed by atoms with Crippen molar-refractivity contribution < 1.29 is 13.6 Å². The summed E-state index contributed by atoms with van der Waals surface area (Å²) in [5.41, 5.74) is 4.21. The van der Waals surface area contributed by atoms with Crippen molar-refractivity contribution in [2.24, 2.45) is 0 Å². The van der Waals surface area contributed by atoms with Gasteiger partial charge in [-0.3, -0.25) is 9.69 Å². The zero-order valence-corrected chi connectivity index (χ0v) is 20.6. The van der Waals surface area contributed by atoms with Gasteiger partial charge in [0, 0.05) is 49.6 Å². The number of hydrogen-bond acceptors (Lipinski definition) is 6. The maximum absolute atomic E-state index is 13.5. The van der Waals surface area contributed by atoms with E-state index in [4.69, 9.17) is 4.98 Å². The fourth-order valence-corrected chi connectivity index (χ4v) is 5.45. The Labute approximate surface area is 216 Å². The van der Waals surface area contributed by atoms with Gasteiger partial charge in [-0.05, 0) is 35.9 Å². The third-order valence-corrected chi connectivity index (χ3v) is 7.55. The van der Waals surface area contributed by atoms with E-state index < -0.39 is 5.92 Å². The molecule has 1 aliphatic rings. The molecule has 1 aliphatic heterocycles. The van der Waals surface area contributed by atoms with Crippen LogP contribution in [0.1, 0.15) is 28.9 Å². The Hall–Kier alpha value is -3.82. The van der Waals surface area contributed by atoms with Gasteiger partial charge in [-0.1, -0.05) is 47.7 Å². The van der Waals surface area contributed by atoms with Crippen LogP contribution in [-0.4, -0.2) is 44.8 Å². The largest absolute Gasteiger partial charge is 0.320 e. The molecule has 6 rings (SSSR count). The van der Waals surface area contributed by atoms with Crippen LogP contribution in [0.3, 0.4) is 0 Å². The van der Waals surface area contributed by atoms with Crippen LogP contribution < -0.4 is 5.32 Å². The Morgan fingerprint density at radius 3 is 2.62 bits per heavy atom. The summed E-state index contributed by atoms with van der Waals surface area (Å²) in [4.78, 5) is 29.7. The van der Waals surface area contributed by atoms with Gasteiger partial charge in [-0.15, -0.1) is 0 Å². The normalized spacial score (nSPS) is 15.7. The maximum atomic E-state index is 13.5. The van der Waals surface area contributed by atoms with Crippen LogP contribution in [0.2, 0.25) is 0 Å². The smallest absolute Gasteiger partial charge is 0.274 e. The number of halogens is 2. The molecule has 4 heterocycles. The molecular formula is C28H23F2N5OS. The number of thiazole rings is 1. The number of nitrogens with one attached hydrogen (secondary N) is 1. The van der Waals surface area contributed by atoms with Crippen molar-refractivity contribution in [3.63, 3.8) is 0 Å². The molecule has 1 saturated heterocycles. The summed E-state index contributed by atoms with van der Waals surface area (Å²) in [6, 6.07) is 20.7. The van der Waals surface area contributed by atoms with E-state index in [1.807, 2.05) is 65.6 Å². The number of rotatable bonds is 5. The van der Waals surface area contributed by atoms with Crippen LogP contribution in [0, 0.1) is 0 Å². The van der Waals surface area contributed by atoms with Gasteiger partial charge in [0.2, 0.25) is 0 Å². The molecule has 1 N–H and O–H groups in total. The van der Waals surface area contributed by atoms with E-state index in [1.165, 1.54) is 11.3 Å². The maximum Gasteiger partial charge on any atom is 0.274 e. The second-order valence-corrected chi connectivity index (χ2v) is 10.2. The number of carbonyl (C=O) groups excluding carboxylic acids is 1. The fourth-order valence-electron chi connectivity index (χ4n) is 4.52. The molecular weight excluding hydrogens is 492 g/mol. The number of para-hydroxylation sites is 2. The van der Waals surface area contributed by atoms with Gasteiger partial charge in [0.1, 0.15) is 21.0 Å². The number of anilines is 1. The summed E-state index contributed by atoms with van der Waals surface area (Å²) in [6.07, 6.45) is 1.57. The van der Waals surface area contributed by atoms with Crippen LogP contribution in [-0.2, 0) is 6.54 Å². The van der Waals surface area contributed by atoms with Crippen LogP contribution in [0.15, 0.2) is 72.9 Å². The van der Waals surface area contributed by atoms with E-state index in [0.717, 1.165) is 37.4 Å². The van der Waals surface area contributed by atoms with Crippen molar-refractivity contribution in [1.29, 1.82) is 0 Å². The monoisotopic (exact) mass is 515 g/mol. The molecule has 0 spiro atoms. The highest BCUT2D eigenvalue weighted by Crippen LogP contribution is 2.34.